The van der Waals surface area contributed by atoms with Gasteiger partial charge in [-0.15, -0.1) is 0 Å². The number of ketones is 1. The van der Waals surface area contributed by atoms with Crippen LogP contribution < -0.4 is 0 Å². The molecule has 0 aromatic rings. The second kappa shape index (κ2) is 1.75. The highest BCUT2D eigenvalue weighted by molar-refractivity contribution is 5.92. The largest absolute Gasteiger partial charge is 0.344 e. The Morgan fingerprint density at radius 1 is 1.42 bits per heavy atom. The van der Waals surface area contributed by atoms with Crippen LogP contribution in [-0.4, -0.2) is 23.8 Å². The van der Waals surface area contributed by atoms with Gasteiger partial charge in [-0.25, -0.2) is 0 Å². The Kier molecular flexibility index (Phi) is 1.03. The smallest absolute Gasteiger partial charge is 0.167 e. The second-order valence-corrected chi connectivity index (χ2v) is 4.43. The van der Waals surface area contributed by atoms with Crippen molar-refractivity contribution in [1.82, 2.24) is 0 Å². The van der Waals surface area contributed by atoms with Crippen LogP contribution in [0.3, 0.4) is 0 Å². The zero-order valence-electron chi connectivity index (χ0n) is 7.24. The molecule has 3 aliphatic rings. The van der Waals surface area contributed by atoms with Crippen LogP contribution in [-0.2, 0) is 14.3 Å². The van der Waals surface area contributed by atoms with Crippen molar-refractivity contribution in [3.05, 3.63) is 0 Å². The fourth-order valence-corrected chi connectivity index (χ4v) is 2.44. The average Bonchev–Trinajstić information content (AvgIpc) is 2.62. The zero-order chi connectivity index (χ0) is 8.51. The van der Waals surface area contributed by atoms with Gasteiger partial charge in [0.1, 0.15) is 6.10 Å². The van der Waals surface area contributed by atoms with Crippen LogP contribution in [0.15, 0.2) is 0 Å². The van der Waals surface area contributed by atoms with Crippen LogP contribution in [0.25, 0.3) is 0 Å². The third-order valence-corrected chi connectivity index (χ3v) is 3.04. The molecule has 4 atom stereocenters. The highest BCUT2D eigenvalue weighted by atomic mass is 16.8. The lowest BCUT2D eigenvalue weighted by Gasteiger charge is -2.17. The van der Waals surface area contributed by atoms with Gasteiger partial charge in [0.25, 0.3) is 0 Å². The van der Waals surface area contributed by atoms with E-state index in [1.54, 1.807) is 0 Å². The zero-order valence-corrected chi connectivity index (χ0v) is 7.24. The summed E-state index contributed by atoms with van der Waals surface area (Å²) in [5, 5.41) is 0. The van der Waals surface area contributed by atoms with Gasteiger partial charge < -0.3 is 9.47 Å². The Morgan fingerprint density at radius 2 is 2.17 bits per heavy atom. The monoisotopic (exact) mass is 168 g/mol. The van der Waals surface area contributed by atoms with Gasteiger partial charge in [-0.1, -0.05) is 0 Å². The Morgan fingerprint density at radius 3 is 2.83 bits per heavy atom. The lowest BCUT2D eigenvalue weighted by Crippen LogP contribution is -2.27. The Labute approximate surface area is 71.0 Å². The summed E-state index contributed by atoms with van der Waals surface area (Å²) in [4.78, 5) is 11.5. The molecule has 0 radical (unpaired) electrons. The van der Waals surface area contributed by atoms with E-state index in [-0.39, 0.29) is 23.9 Å². The first kappa shape index (κ1) is 7.04. The van der Waals surface area contributed by atoms with Gasteiger partial charge in [-0.3, -0.25) is 4.79 Å². The summed E-state index contributed by atoms with van der Waals surface area (Å²) in [5.74, 6) is 0.481. The van der Waals surface area contributed by atoms with Crippen molar-refractivity contribution in [1.29, 1.82) is 0 Å². The van der Waals surface area contributed by atoms with E-state index in [9.17, 15) is 4.79 Å². The number of carbonyl (C=O) groups is 1. The molecular weight excluding hydrogens is 156 g/mol. The third-order valence-electron chi connectivity index (χ3n) is 3.04. The number of ether oxygens (including phenoxy) is 2. The third kappa shape index (κ3) is 0.709. The minimum atomic E-state index is -0.543. The van der Waals surface area contributed by atoms with Gasteiger partial charge >= 0.3 is 0 Å². The molecule has 0 spiro atoms. The first-order chi connectivity index (χ1) is 5.58. The lowest BCUT2D eigenvalue weighted by atomic mass is 10.1. The topological polar surface area (TPSA) is 35.5 Å². The maximum absolute atomic E-state index is 11.5. The second-order valence-electron chi connectivity index (χ2n) is 4.43. The van der Waals surface area contributed by atoms with E-state index in [0.717, 1.165) is 6.42 Å². The van der Waals surface area contributed by atoms with E-state index in [1.807, 2.05) is 13.8 Å². The number of rotatable bonds is 0. The number of fused-ring (bicyclic) bond motifs is 3. The molecule has 2 aliphatic carbocycles. The molecule has 0 amide bonds. The summed E-state index contributed by atoms with van der Waals surface area (Å²) in [6.45, 7) is 3.74. The SMILES string of the molecule is CC1(C)O[C@H]2[C@H]3C[C@@H]3C(=O)[C@@H]2O1. The van der Waals surface area contributed by atoms with Crippen molar-refractivity contribution in [3.63, 3.8) is 0 Å². The molecule has 66 valence electrons. The highest BCUT2D eigenvalue weighted by Gasteiger charge is 2.65. The lowest BCUT2D eigenvalue weighted by molar-refractivity contribution is -0.160. The van der Waals surface area contributed by atoms with Crippen LogP contribution in [0.1, 0.15) is 20.3 Å². The van der Waals surface area contributed by atoms with Gasteiger partial charge in [0, 0.05) is 5.92 Å². The molecule has 0 aromatic carbocycles. The summed E-state index contributed by atoms with van der Waals surface area (Å²) in [5.41, 5.74) is 0. The maximum Gasteiger partial charge on any atom is 0.167 e. The van der Waals surface area contributed by atoms with Crippen molar-refractivity contribution in [2.75, 3.05) is 0 Å². The first-order valence-corrected chi connectivity index (χ1v) is 4.48. The molecule has 2 saturated carbocycles. The molecule has 3 fully saturated rings. The molecule has 1 heterocycles. The molecule has 12 heavy (non-hydrogen) atoms. The number of hydrogen-bond acceptors (Lipinski definition) is 3. The Balaban J connectivity index is 1.91. The highest BCUT2D eigenvalue weighted by Crippen LogP contribution is 2.55. The standard InChI is InChI=1S/C9H12O3/c1-9(2)11-7-5-3-4(5)6(10)8(7)12-9/h4-5,7-8H,3H2,1-2H3/t4-,5-,7-,8-/m0/s1. The summed E-state index contributed by atoms with van der Waals surface area (Å²) in [7, 11) is 0. The van der Waals surface area contributed by atoms with Gasteiger partial charge in [0.15, 0.2) is 11.6 Å². The van der Waals surface area contributed by atoms with Crippen molar-refractivity contribution >= 4 is 5.78 Å². The maximum atomic E-state index is 11.5. The molecule has 1 saturated heterocycles. The molecule has 0 N–H and O–H groups in total. The van der Waals surface area contributed by atoms with E-state index in [0.29, 0.717) is 5.92 Å². The van der Waals surface area contributed by atoms with Crippen molar-refractivity contribution in [2.24, 2.45) is 11.8 Å². The predicted molar refractivity (Wildman–Crippen MR) is 40.4 cm³/mol. The average molecular weight is 168 g/mol. The molecule has 3 nitrogen and oxygen atoms in total. The first-order valence-electron chi connectivity index (χ1n) is 4.48. The van der Waals surface area contributed by atoms with Crippen molar-refractivity contribution in [3.8, 4) is 0 Å². The van der Waals surface area contributed by atoms with E-state index >= 15 is 0 Å². The molecule has 0 unspecified atom stereocenters. The molecule has 0 bridgehead atoms. The Bertz CT molecular complexity index is 258. The van der Waals surface area contributed by atoms with Gasteiger partial charge in [0.2, 0.25) is 0 Å². The summed E-state index contributed by atoms with van der Waals surface area (Å²) < 4.78 is 11.2. The summed E-state index contributed by atoms with van der Waals surface area (Å²) in [6.07, 6.45) is 0.848. The van der Waals surface area contributed by atoms with Crippen LogP contribution >= 0.6 is 0 Å². The van der Waals surface area contributed by atoms with Crippen molar-refractivity contribution < 1.29 is 14.3 Å². The van der Waals surface area contributed by atoms with Gasteiger partial charge in [-0.05, 0) is 26.2 Å². The predicted octanol–water partition coefficient (Wildman–Crippen LogP) is 0.725. The van der Waals surface area contributed by atoms with E-state index in [1.165, 1.54) is 0 Å². The van der Waals surface area contributed by atoms with Crippen molar-refractivity contribution in [2.45, 2.75) is 38.3 Å². The van der Waals surface area contributed by atoms with Gasteiger partial charge in [0.05, 0.1) is 6.10 Å². The summed E-state index contributed by atoms with van der Waals surface area (Å²) >= 11 is 0. The Hall–Kier alpha value is -0.410. The molecular formula is C9H12O3. The molecule has 0 aromatic heterocycles. The number of carbonyl (C=O) groups excluding carboxylic acids is 1. The van der Waals surface area contributed by atoms with E-state index < -0.39 is 5.79 Å². The van der Waals surface area contributed by atoms with Crippen LogP contribution in [0.2, 0.25) is 0 Å². The molecule has 3 heteroatoms. The molecule has 1 aliphatic heterocycles. The van der Waals surface area contributed by atoms with E-state index in [2.05, 4.69) is 0 Å². The van der Waals surface area contributed by atoms with Gasteiger partial charge in [-0.2, -0.15) is 0 Å². The fourth-order valence-electron chi connectivity index (χ4n) is 2.44. The summed E-state index contributed by atoms with van der Waals surface area (Å²) in [6, 6.07) is 0. The molecule has 3 rings (SSSR count). The van der Waals surface area contributed by atoms with E-state index in [4.69, 9.17) is 9.47 Å². The quantitative estimate of drug-likeness (QED) is 0.534. The minimum Gasteiger partial charge on any atom is -0.344 e. The number of Topliss-reactive ketones (excluding diaryl/α,β-unsaturated/α-hetero) is 1. The normalized spacial score (nSPS) is 53.7. The van der Waals surface area contributed by atoms with Crippen LogP contribution in [0.5, 0.6) is 0 Å². The van der Waals surface area contributed by atoms with Crippen LogP contribution in [0, 0.1) is 11.8 Å². The number of hydrogen-bond donors (Lipinski definition) is 0. The fraction of sp³-hybridized carbons (Fsp3) is 0.889. The minimum absolute atomic E-state index is 0.0671. The van der Waals surface area contributed by atoms with Crippen LogP contribution in [0.4, 0.5) is 0 Å².